The van der Waals surface area contributed by atoms with E-state index < -0.39 is 10.0 Å². The van der Waals surface area contributed by atoms with E-state index in [4.69, 9.17) is 4.42 Å². The number of anilines is 1. The van der Waals surface area contributed by atoms with Crippen LogP contribution < -0.4 is 5.32 Å². The molecule has 1 N–H and O–H groups in total. The highest BCUT2D eigenvalue weighted by atomic mass is 32.2. The lowest BCUT2D eigenvalue weighted by atomic mass is 10.2. The van der Waals surface area contributed by atoms with Crippen LogP contribution >= 0.6 is 0 Å². The van der Waals surface area contributed by atoms with Gasteiger partial charge in [0.25, 0.3) is 0 Å². The summed E-state index contributed by atoms with van der Waals surface area (Å²) in [6, 6.07) is 15.7. The molecule has 0 radical (unpaired) electrons. The van der Waals surface area contributed by atoms with Crippen molar-refractivity contribution >= 4 is 21.6 Å². The van der Waals surface area contributed by atoms with Gasteiger partial charge in [0.05, 0.1) is 17.0 Å². The van der Waals surface area contributed by atoms with Gasteiger partial charge in [0.1, 0.15) is 5.76 Å². The van der Waals surface area contributed by atoms with E-state index in [0.717, 1.165) is 5.56 Å². The van der Waals surface area contributed by atoms with Crippen LogP contribution in [0.1, 0.15) is 25.3 Å². The first kappa shape index (κ1) is 21.7. The van der Waals surface area contributed by atoms with Crippen LogP contribution in [0.2, 0.25) is 0 Å². The molecular formula is C22H25N3O4S. The number of nitrogens with zero attached hydrogens (tertiary/aromatic N) is 2. The number of aromatic nitrogens is 1. The van der Waals surface area contributed by atoms with Crippen LogP contribution in [-0.4, -0.2) is 36.7 Å². The summed E-state index contributed by atoms with van der Waals surface area (Å²) in [5.74, 6) is 0.730. The Kier molecular flexibility index (Phi) is 6.69. The average molecular weight is 428 g/mol. The summed E-state index contributed by atoms with van der Waals surface area (Å²) in [7, 11) is -3.60. The molecule has 2 aromatic carbocycles. The van der Waals surface area contributed by atoms with Crippen LogP contribution in [0.3, 0.4) is 0 Å². The monoisotopic (exact) mass is 427 g/mol. The van der Waals surface area contributed by atoms with Crippen molar-refractivity contribution in [1.29, 1.82) is 0 Å². The van der Waals surface area contributed by atoms with Crippen molar-refractivity contribution in [3.8, 4) is 11.5 Å². The highest BCUT2D eigenvalue weighted by Gasteiger charge is 2.22. The minimum Gasteiger partial charge on any atom is -0.441 e. The molecule has 1 aromatic heterocycles. The largest absolute Gasteiger partial charge is 0.441 e. The number of hydrogen-bond acceptors (Lipinski definition) is 5. The van der Waals surface area contributed by atoms with Crippen LogP contribution in [0.4, 0.5) is 5.69 Å². The van der Waals surface area contributed by atoms with E-state index in [1.807, 2.05) is 30.3 Å². The molecule has 1 amide bonds. The van der Waals surface area contributed by atoms with Crippen LogP contribution in [-0.2, 0) is 21.2 Å². The van der Waals surface area contributed by atoms with Gasteiger partial charge in [-0.1, -0.05) is 38.1 Å². The summed E-state index contributed by atoms with van der Waals surface area (Å²) < 4.78 is 32.5. The second-order valence-corrected chi connectivity index (χ2v) is 8.67. The predicted octanol–water partition coefficient (Wildman–Crippen LogP) is 3.86. The molecule has 0 atom stereocenters. The third-order valence-corrected chi connectivity index (χ3v) is 6.75. The van der Waals surface area contributed by atoms with E-state index in [9.17, 15) is 13.2 Å². The minimum absolute atomic E-state index is 0.0230. The van der Waals surface area contributed by atoms with Gasteiger partial charge >= 0.3 is 0 Å². The lowest BCUT2D eigenvalue weighted by Gasteiger charge is -2.18. The third-order valence-electron chi connectivity index (χ3n) is 4.70. The number of oxazole rings is 1. The topological polar surface area (TPSA) is 92.5 Å². The van der Waals surface area contributed by atoms with Crippen molar-refractivity contribution in [2.75, 3.05) is 18.4 Å². The zero-order valence-electron chi connectivity index (χ0n) is 17.3. The maximum absolute atomic E-state index is 12.7. The molecule has 3 aromatic rings. The number of benzene rings is 2. The Bertz CT molecular complexity index is 1120. The molecule has 0 aliphatic heterocycles. The Morgan fingerprint density at radius 1 is 1.07 bits per heavy atom. The van der Waals surface area contributed by atoms with Crippen molar-refractivity contribution in [2.24, 2.45) is 0 Å². The van der Waals surface area contributed by atoms with Gasteiger partial charge in [0, 0.05) is 24.3 Å². The zero-order chi connectivity index (χ0) is 21.7. The van der Waals surface area contributed by atoms with Crippen molar-refractivity contribution in [2.45, 2.75) is 32.1 Å². The standard InChI is InChI=1S/C22H25N3O4S/c1-4-25(5-2)30(27,28)19-13-9-12-18(14-19)23-21(26)15-20-16(3)29-22(24-20)17-10-7-6-8-11-17/h6-14H,4-5,15H2,1-3H3,(H,23,26). The molecule has 0 saturated heterocycles. The number of carbonyl (C=O) groups excluding carboxylic acids is 1. The molecule has 30 heavy (non-hydrogen) atoms. The normalized spacial score (nSPS) is 11.6. The molecule has 0 bridgehead atoms. The fourth-order valence-electron chi connectivity index (χ4n) is 3.10. The first-order valence-corrected chi connectivity index (χ1v) is 11.2. The lowest BCUT2D eigenvalue weighted by molar-refractivity contribution is -0.115. The molecule has 0 spiro atoms. The number of aryl methyl sites for hydroxylation is 1. The summed E-state index contributed by atoms with van der Waals surface area (Å²) in [6.07, 6.45) is 0.0230. The summed E-state index contributed by atoms with van der Waals surface area (Å²) >= 11 is 0. The Hall–Kier alpha value is -2.97. The minimum atomic E-state index is -3.60. The predicted molar refractivity (Wildman–Crippen MR) is 116 cm³/mol. The Morgan fingerprint density at radius 2 is 1.77 bits per heavy atom. The number of nitrogens with one attached hydrogen (secondary N) is 1. The molecule has 7 nitrogen and oxygen atoms in total. The SMILES string of the molecule is CCN(CC)S(=O)(=O)c1cccc(NC(=O)Cc2nc(-c3ccccc3)oc2C)c1. The molecule has 3 rings (SSSR count). The van der Waals surface area contributed by atoms with Gasteiger partial charge in [-0.3, -0.25) is 4.79 Å². The van der Waals surface area contributed by atoms with E-state index in [1.54, 1.807) is 32.9 Å². The van der Waals surface area contributed by atoms with Crippen molar-refractivity contribution < 1.29 is 17.6 Å². The highest BCUT2D eigenvalue weighted by molar-refractivity contribution is 7.89. The smallest absolute Gasteiger partial charge is 0.243 e. The molecule has 0 unspecified atom stereocenters. The summed E-state index contributed by atoms with van der Waals surface area (Å²) in [5, 5.41) is 2.75. The van der Waals surface area contributed by atoms with Gasteiger partial charge in [-0.2, -0.15) is 4.31 Å². The summed E-state index contributed by atoms with van der Waals surface area (Å²) in [4.78, 5) is 17.1. The molecule has 0 aliphatic carbocycles. The van der Waals surface area contributed by atoms with E-state index in [2.05, 4.69) is 10.3 Å². The second kappa shape index (κ2) is 9.23. The quantitative estimate of drug-likeness (QED) is 0.589. The number of carbonyl (C=O) groups is 1. The fourth-order valence-corrected chi connectivity index (χ4v) is 4.60. The van der Waals surface area contributed by atoms with Gasteiger partial charge in [-0.25, -0.2) is 13.4 Å². The van der Waals surface area contributed by atoms with Gasteiger partial charge in [-0.05, 0) is 37.3 Å². The van der Waals surface area contributed by atoms with Crippen LogP contribution in [0.5, 0.6) is 0 Å². The first-order valence-electron chi connectivity index (χ1n) is 9.77. The summed E-state index contributed by atoms with van der Waals surface area (Å²) in [5.41, 5.74) is 1.79. The van der Waals surface area contributed by atoms with E-state index in [-0.39, 0.29) is 17.2 Å². The number of hydrogen-bond donors (Lipinski definition) is 1. The molecule has 0 saturated carbocycles. The van der Waals surface area contributed by atoms with Crippen molar-refractivity contribution in [1.82, 2.24) is 9.29 Å². The zero-order valence-corrected chi connectivity index (χ0v) is 18.1. The Balaban J connectivity index is 1.74. The number of sulfonamides is 1. The van der Waals surface area contributed by atoms with Crippen molar-refractivity contribution in [3.63, 3.8) is 0 Å². The summed E-state index contributed by atoms with van der Waals surface area (Å²) in [6.45, 7) is 6.10. The molecule has 1 heterocycles. The Labute approximate surface area is 176 Å². The van der Waals surface area contributed by atoms with Gasteiger partial charge in [-0.15, -0.1) is 0 Å². The highest BCUT2D eigenvalue weighted by Crippen LogP contribution is 2.23. The lowest BCUT2D eigenvalue weighted by Crippen LogP contribution is -2.30. The second-order valence-electron chi connectivity index (χ2n) is 6.73. The van der Waals surface area contributed by atoms with E-state index >= 15 is 0 Å². The molecule has 158 valence electrons. The van der Waals surface area contributed by atoms with Gasteiger partial charge in [0.15, 0.2) is 0 Å². The fraction of sp³-hybridized carbons (Fsp3) is 0.273. The molecule has 0 fully saturated rings. The average Bonchev–Trinajstić information content (AvgIpc) is 3.09. The van der Waals surface area contributed by atoms with Crippen molar-refractivity contribution in [3.05, 3.63) is 66.1 Å². The number of amides is 1. The number of rotatable bonds is 8. The maximum Gasteiger partial charge on any atom is 0.243 e. The Morgan fingerprint density at radius 3 is 2.43 bits per heavy atom. The molecule has 8 heteroatoms. The van der Waals surface area contributed by atoms with Crippen LogP contribution in [0, 0.1) is 6.92 Å². The van der Waals surface area contributed by atoms with Crippen LogP contribution in [0.25, 0.3) is 11.5 Å². The van der Waals surface area contributed by atoms with Crippen LogP contribution in [0.15, 0.2) is 63.9 Å². The maximum atomic E-state index is 12.7. The van der Waals surface area contributed by atoms with Gasteiger partial charge < -0.3 is 9.73 Å². The third kappa shape index (κ3) is 4.77. The van der Waals surface area contributed by atoms with E-state index in [1.165, 1.54) is 16.4 Å². The molecule has 0 aliphatic rings. The first-order chi connectivity index (χ1) is 14.3. The van der Waals surface area contributed by atoms with Gasteiger partial charge in [0.2, 0.25) is 21.8 Å². The molecular weight excluding hydrogens is 402 g/mol. The van der Waals surface area contributed by atoms with E-state index in [0.29, 0.717) is 36.1 Å².